The van der Waals surface area contributed by atoms with E-state index >= 15 is 0 Å². The van der Waals surface area contributed by atoms with Gasteiger partial charge >= 0.3 is 0 Å². The Balaban J connectivity index is 1.44. The largest absolute Gasteiger partial charge is 0.495 e. The van der Waals surface area contributed by atoms with Gasteiger partial charge in [0, 0.05) is 37.1 Å². The van der Waals surface area contributed by atoms with E-state index in [1.54, 1.807) is 50.1 Å². The minimum absolute atomic E-state index is 0.0460. The second-order valence-corrected chi connectivity index (χ2v) is 7.59. The summed E-state index contributed by atoms with van der Waals surface area (Å²) in [6, 6.07) is 7.41. The van der Waals surface area contributed by atoms with Crippen LogP contribution in [0.5, 0.6) is 11.5 Å². The number of nitrogens with zero attached hydrogens (tertiary/aromatic N) is 3. The SMILES string of the molecule is COc1ccc(OC)c2sc(N3CCC(NC(=O)c4ccncc4)CC3)nc12. The fourth-order valence-electron chi connectivity index (χ4n) is 3.40. The molecule has 1 N–H and O–H groups in total. The fraction of sp³-hybridized carbons (Fsp3) is 0.350. The van der Waals surface area contributed by atoms with Gasteiger partial charge < -0.3 is 19.7 Å². The maximum atomic E-state index is 12.3. The van der Waals surface area contributed by atoms with E-state index in [4.69, 9.17) is 14.5 Å². The van der Waals surface area contributed by atoms with Gasteiger partial charge in [-0.25, -0.2) is 4.98 Å². The molecule has 0 radical (unpaired) electrons. The lowest BCUT2D eigenvalue weighted by atomic mass is 10.0. The molecule has 0 atom stereocenters. The van der Waals surface area contributed by atoms with Crippen molar-refractivity contribution in [2.24, 2.45) is 0 Å². The third-order valence-corrected chi connectivity index (χ3v) is 6.07. The minimum Gasteiger partial charge on any atom is -0.495 e. The standard InChI is InChI=1S/C20H22N4O3S/c1-26-15-3-4-16(27-2)18-17(15)23-20(28-18)24-11-7-14(8-12-24)22-19(25)13-5-9-21-10-6-13/h3-6,9-10,14H,7-8,11-12H2,1-2H3,(H,22,25). The molecule has 28 heavy (non-hydrogen) atoms. The van der Waals surface area contributed by atoms with Gasteiger partial charge in [0.2, 0.25) is 0 Å². The quantitative estimate of drug-likeness (QED) is 0.712. The maximum absolute atomic E-state index is 12.3. The number of carbonyl (C=O) groups is 1. The fourth-order valence-corrected chi connectivity index (χ4v) is 4.52. The molecule has 3 aromatic rings. The van der Waals surface area contributed by atoms with Crippen LogP contribution in [0.1, 0.15) is 23.2 Å². The van der Waals surface area contributed by atoms with Gasteiger partial charge in [-0.2, -0.15) is 0 Å². The molecule has 0 bridgehead atoms. The Morgan fingerprint density at radius 2 is 1.79 bits per heavy atom. The Kier molecular flexibility index (Phi) is 5.29. The first-order chi connectivity index (χ1) is 13.7. The highest BCUT2D eigenvalue weighted by Crippen LogP contribution is 2.40. The molecule has 1 fully saturated rings. The third kappa shape index (κ3) is 3.60. The summed E-state index contributed by atoms with van der Waals surface area (Å²) in [6.07, 6.45) is 5.02. The number of ether oxygens (including phenoxy) is 2. The molecule has 2 aromatic heterocycles. The van der Waals surface area contributed by atoms with Gasteiger partial charge in [-0.05, 0) is 37.1 Å². The van der Waals surface area contributed by atoms with Crippen molar-refractivity contribution >= 4 is 32.6 Å². The van der Waals surface area contributed by atoms with Crippen LogP contribution < -0.4 is 19.7 Å². The van der Waals surface area contributed by atoms with Crippen LogP contribution in [0, 0.1) is 0 Å². The number of amides is 1. The minimum atomic E-state index is -0.0460. The zero-order chi connectivity index (χ0) is 19.5. The van der Waals surface area contributed by atoms with Crippen LogP contribution in [-0.4, -0.2) is 49.2 Å². The monoisotopic (exact) mass is 398 g/mol. The van der Waals surface area contributed by atoms with Crippen molar-refractivity contribution in [2.75, 3.05) is 32.2 Å². The molecule has 1 aromatic carbocycles. The van der Waals surface area contributed by atoms with E-state index in [1.165, 1.54) is 0 Å². The number of pyridine rings is 1. The second-order valence-electron chi connectivity index (χ2n) is 6.61. The summed E-state index contributed by atoms with van der Waals surface area (Å²) in [7, 11) is 3.31. The average Bonchev–Trinajstić information content (AvgIpc) is 3.19. The molecular weight excluding hydrogens is 376 g/mol. The first kappa shape index (κ1) is 18.5. The summed E-state index contributed by atoms with van der Waals surface area (Å²) in [5.74, 6) is 1.51. The number of benzene rings is 1. The van der Waals surface area contributed by atoms with E-state index in [9.17, 15) is 4.79 Å². The Bertz CT molecular complexity index is 927. The van der Waals surface area contributed by atoms with E-state index in [-0.39, 0.29) is 11.9 Å². The van der Waals surface area contributed by atoms with E-state index < -0.39 is 0 Å². The number of aromatic nitrogens is 2. The number of methoxy groups -OCH3 is 2. The van der Waals surface area contributed by atoms with Gasteiger partial charge in [-0.15, -0.1) is 0 Å². The highest BCUT2D eigenvalue weighted by molar-refractivity contribution is 7.22. The highest BCUT2D eigenvalue weighted by atomic mass is 32.1. The van der Waals surface area contributed by atoms with Gasteiger partial charge in [-0.3, -0.25) is 9.78 Å². The van der Waals surface area contributed by atoms with Crippen LogP contribution >= 0.6 is 11.3 Å². The normalized spacial score (nSPS) is 14.9. The van der Waals surface area contributed by atoms with Gasteiger partial charge in [-0.1, -0.05) is 11.3 Å². The topological polar surface area (TPSA) is 76.6 Å². The lowest BCUT2D eigenvalue weighted by Gasteiger charge is -2.32. The average molecular weight is 398 g/mol. The van der Waals surface area contributed by atoms with E-state index in [1.807, 2.05) is 12.1 Å². The Morgan fingerprint density at radius 1 is 1.11 bits per heavy atom. The molecule has 1 amide bonds. The maximum Gasteiger partial charge on any atom is 0.251 e. The predicted octanol–water partition coefficient (Wildman–Crippen LogP) is 3.11. The number of nitrogens with one attached hydrogen (secondary N) is 1. The third-order valence-electron chi connectivity index (χ3n) is 4.94. The van der Waals surface area contributed by atoms with E-state index in [0.29, 0.717) is 5.56 Å². The smallest absolute Gasteiger partial charge is 0.251 e. The summed E-state index contributed by atoms with van der Waals surface area (Å²) in [4.78, 5) is 23.3. The number of anilines is 1. The molecule has 3 heterocycles. The number of hydrogen-bond acceptors (Lipinski definition) is 7. The molecule has 7 nitrogen and oxygen atoms in total. The number of fused-ring (bicyclic) bond motifs is 1. The molecule has 8 heteroatoms. The first-order valence-electron chi connectivity index (χ1n) is 9.17. The molecule has 146 valence electrons. The lowest BCUT2D eigenvalue weighted by Crippen LogP contribution is -2.44. The molecule has 1 aliphatic rings. The Hall–Kier alpha value is -2.87. The summed E-state index contributed by atoms with van der Waals surface area (Å²) < 4.78 is 11.9. The van der Waals surface area contributed by atoms with Crippen molar-refractivity contribution < 1.29 is 14.3 Å². The van der Waals surface area contributed by atoms with Gasteiger partial charge in [0.05, 0.1) is 14.2 Å². The number of hydrogen-bond donors (Lipinski definition) is 1. The van der Waals surface area contributed by atoms with Crippen molar-refractivity contribution in [3.05, 3.63) is 42.2 Å². The van der Waals surface area contributed by atoms with Crippen molar-refractivity contribution in [1.29, 1.82) is 0 Å². The lowest BCUT2D eigenvalue weighted by molar-refractivity contribution is 0.0931. The molecule has 1 aliphatic heterocycles. The predicted molar refractivity (Wildman–Crippen MR) is 110 cm³/mol. The number of thiazole rings is 1. The Morgan fingerprint density at radius 3 is 2.46 bits per heavy atom. The molecule has 4 rings (SSSR count). The number of rotatable bonds is 5. The van der Waals surface area contributed by atoms with Crippen LogP contribution in [0.25, 0.3) is 10.2 Å². The summed E-state index contributed by atoms with van der Waals surface area (Å²) >= 11 is 1.61. The molecule has 0 saturated carbocycles. The van der Waals surface area contributed by atoms with Crippen LogP contribution in [-0.2, 0) is 0 Å². The van der Waals surface area contributed by atoms with Crippen LogP contribution in [0.2, 0.25) is 0 Å². The Labute approximate surface area is 167 Å². The zero-order valence-corrected chi connectivity index (χ0v) is 16.7. The van der Waals surface area contributed by atoms with Crippen LogP contribution in [0.3, 0.4) is 0 Å². The summed E-state index contributed by atoms with van der Waals surface area (Å²) in [5.41, 5.74) is 1.47. The number of carbonyl (C=O) groups excluding carboxylic acids is 1. The molecule has 0 spiro atoms. The van der Waals surface area contributed by atoms with Crippen LogP contribution in [0.4, 0.5) is 5.13 Å². The van der Waals surface area contributed by atoms with Gasteiger partial charge in [0.1, 0.15) is 21.7 Å². The van der Waals surface area contributed by atoms with Crippen molar-refractivity contribution in [3.63, 3.8) is 0 Å². The van der Waals surface area contributed by atoms with Gasteiger partial charge in [0.25, 0.3) is 5.91 Å². The molecular formula is C20H22N4O3S. The highest BCUT2D eigenvalue weighted by Gasteiger charge is 2.24. The zero-order valence-electron chi connectivity index (χ0n) is 15.8. The summed E-state index contributed by atoms with van der Waals surface area (Å²) in [6.45, 7) is 1.68. The van der Waals surface area contributed by atoms with Gasteiger partial charge in [0.15, 0.2) is 5.13 Å². The van der Waals surface area contributed by atoms with E-state index in [2.05, 4.69) is 15.2 Å². The van der Waals surface area contributed by atoms with Crippen molar-refractivity contribution in [3.8, 4) is 11.5 Å². The van der Waals surface area contributed by atoms with Crippen LogP contribution in [0.15, 0.2) is 36.7 Å². The van der Waals surface area contributed by atoms with Crippen molar-refractivity contribution in [1.82, 2.24) is 15.3 Å². The second kappa shape index (κ2) is 8.02. The molecule has 0 unspecified atom stereocenters. The first-order valence-corrected chi connectivity index (χ1v) is 9.98. The summed E-state index contributed by atoms with van der Waals surface area (Å²) in [5, 5.41) is 4.08. The number of piperidine rings is 1. The molecule has 1 saturated heterocycles. The van der Waals surface area contributed by atoms with E-state index in [0.717, 1.165) is 52.8 Å². The molecule has 0 aliphatic carbocycles. The van der Waals surface area contributed by atoms with Crippen molar-refractivity contribution in [2.45, 2.75) is 18.9 Å².